The van der Waals surface area contributed by atoms with E-state index in [1.807, 2.05) is 5.38 Å². The van der Waals surface area contributed by atoms with E-state index in [4.69, 9.17) is 0 Å². The van der Waals surface area contributed by atoms with Gasteiger partial charge < -0.3 is 0 Å². The number of rotatable bonds is 3. The zero-order valence-electron chi connectivity index (χ0n) is 15.3. The number of anilines is 1. The van der Waals surface area contributed by atoms with Gasteiger partial charge in [0.1, 0.15) is 0 Å². The molecule has 0 aliphatic rings. The molecule has 1 N–H and O–H groups in total. The van der Waals surface area contributed by atoms with Crippen molar-refractivity contribution < 1.29 is 4.79 Å². The molecule has 0 aliphatic heterocycles. The van der Waals surface area contributed by atoms with E-state index in [2.05, 4.69) is 53.2 Å². The molecule has 2 aromatic carbocycles. The van der Waals surface area contributed by atoms with Crippen LogP contribution in [0.3, 0.4) is 0 Å². The molecule has 0 saturated carbocycles. The average Bonchev–Trinajstić information content (AvgIpc) is 3.12. The molecule has 0 saturated heterocycles. The number of carbonyl (C=O) groups is 1. The van der Waals surface area contributed by atoms with Crippen LogP contribution >= 0.6 is 11.3 Å². The molecule has 0 unspecified atom stereocenters. The number of aromatic nitrogens is 3. The fourth-order valence-corrected chi connectivity index (χ4v) is 3.67. The fraction of sp³-hybridized carbons (Fsp3) is 0.143. The number of aryl methyl sites for hydroxylation is 3. The average molecular weight is 374 g/mol. The van der Waals surface area contributed by atoms with Crippen LogP contribution in [0.5, 0.6) is 0 Å². The van der Waals surface area contributed by atoms with Crippen molar-refractivity contribution in [2.24, 2.45) is 0 Å². The van der Waals surface area contributed by atoms with E-state index in [1.54, 1.807) is 30.6 Å². The maximum Gasteiger partial charge on any atom is 0.257 e. The number of amides is 1. The van der Waals surface area contributed by atoms with E-state index < -0.39 is 0 Å². The van der Waals surface area contributed by atoms with E-state index in [-0.39, 0.29) is 5.91 Å². The van der Waals surface area contributed by atoms with Crippen LogP contribution < -0.4 is 5.32 Å². The molecule has 2 heterocycles. The molecule has 1 amide bonds. The molecule has 2 aromatic heterocycles. The number of hydrogen-bond acceptors (Lipinski definition) is 5. The summed E-state index contributed by atoms with van der Waals surface area (Å²) in [7, 11) is 0. The number of fused-ring (bicyclic) bond motifs is 1. The number of nitrogens with one attached hydrogen (secondary N) is 1. The van der Waals surface area contributed by atoms with Crippen molar-refractivity contribution in [1.82, 2.24) is 15.0 Å². The second-order valence-corrected chi connectivity index (χ2v) is 7.36. The minimum Gasteiger partial charge on any atom is -0.298 e. The Kier molecular flexibility index (Phi) is 4.41. The van der Waals surface area contributed by atoms with Crippen molar-refractivity contribution in [1.29, 1.82) is 0 Å². The Bertz CT molecular complexity index is 1170. The Morgan fingerprint density at radius 1 is 0.926 bits per heavy atom. The second kappa shape index (κ2) is 6.89. The van der Waals surface area contributed by atoms with E-state index >= 15 is 0 Å². The highest BCUT2D eigenvalue weighted by atomic mass is 32.1. The maximum absolute atomic E-state index is 12.6. The van der Waals surface area contributed by atoms with Crippen molar-refractivity contribution >= 4 is 33.4 Å². The molecule has 134 valence electrons. The van der Waals surface area contributed by atoms with Gasteiger partial charge in [-0.05, 0) is 61.7 Å². The summed E-state index contributed by atoms with van der Waals surface area (Å²) in [5, 5.41) is 5.43. The first-order chi connectivity index (χ1) is 13.0. The zero-order chi connectivity index (χ0) is 19.0. The summed E-state index contributed by atoms with van der Waals surface area (Å²) < 4.78 is 0. The van der Waals surface area contributed by atoms with Gasteiger partial charge in [-0.2, -0.15) is 0 Å². The summed E-state index contributed by atoms with van der Waals surface area (Å²) in [5.41, 5.74) is 7.62. The largest absolute Gasteiger partial charge is 0.298 e. The smallest absolute Gasteiger partial charge is 0.257 e. The Hall–Kier alpha value is -3.12. The molecular weight excluding hydrogens is 356 g/mol. The van der Waals surface area contributed by atoms with Gasteiger partial charge in [0.15, 0.2) is 5.13 Å². The van der Waals surface area contributed by atoms with Gasteiger partial charge in [0.2, 0.25) is 0 Å². The lowest BCUT2D eigenvalue weighted by atomic mass is 9.99. The number of nitrogens with zero attached hydrogens (tertiary/aromatic N) is 3. The first kappa shape index (κ1) is 17.3. The van der Waals surface area contributed by atoms with Gasteiger partial charge in [-0.25, -0.2) is 4.98 Å². The molecule has 0 radical (unpaired) electrons. The number of hydrogen-bond donors (Lipinski definition) is 1. The standard InChI is InChI=1S/C21H18N4OS/c1-12-8-14(3)16(9-13(12)2)19-11-27-21(24-19)25-20(26)15-4-5-17-18(10-15)23-7-6-22-17/h4-11H,1-3H3,(H,24,25,26). The van der Waals surface area contributed by atoms with E-state index in [0.29, 0.717) is 16.2 Å². The summed E-state index contributed by atoms with van der Waals surface area (Å²) in [4.78, 5) is 25.6. The molecule has 6 heteroatoms. The van der Waals surface area contributed by atoms with Crippen LogP contribution in [0.1, 0.15) is 27.0 Å². The monoisotopic (exact) mass is 374 g/mol. The molecule has 4 aromatic rings. The van der Waals surface area contributed by atoms with Crippen molar-refractivity contribution in [3.05, 3.63) is 70.4 Å². The van der Waals surface area contributed by atoms with Crippen molar-refractivity contribution in [3.63, 3.8) is 0 Å². The molecule has 0 spiro atoms. The van der Waals surface area contributed by atoms with Gasteiger partial charge in [-0.15, -0.1) is 11.3 Å². The Labute approximate surface area is 161 Å². The highest BCUT2D eigenvalue weighted by Gasteiger charge is 2.13. The number of carbonyl (C=O) groups excluding carboxylic acids is 1. The quantitative estimate of drug-likeness (QED) is 0.552. The lowest BCUT2D eigenvalue weighted by Gasteiger charge is -2.07. The molecular formula is C21H18N4OS. The highest BCUT2D eigenvalue weighted by molar-refractivity contribution is 7.14. The summed E-state index contributed by atoms with van der Waals surface area (Å²) >= 11 is 1.42. The van der Waals surface area contributed by atoms with Crippen LogP contribution in [-0.2, 0) is 0 Å². The van der Waals surface area contributed by atoms with Gasteiger partial charge in [-0.1, -0.05) is 6.07 Å². The van der Waals surface area contributed by atoms with E-state index in [1.165, 1.54) is 28.0 Å². The van der Waals surface area contributed by atoms with Crippen LogP contribution in [0.2, 0.25) is 0 Å². The Morgan fingerprint density at radius 3 is 2.48 bits per heavy atom. The van der Waals surface area contributed by atoms with Crippen LogP contribution in [0.25, 0.3) is 22.3 Å². The number of benzene rings is 2. The molecule has 0 bridgehead atoms. The van der Waals surface area contributed by atoms with Crippen molar-refractivity contribution in [3.8, 4) is 11.3 Å². The summed E-state index contributed by atoms with van der Waals surface area (Å²) in [5.74, 6) is -0.208. The van der Waals surface area contributed by atoms with Gasteiger partial charge in [0.05, 0.1) is 16.7 Å². The topological polar surface area (TPSA) is 67.8 Å². The van der Waals surface area contributed by atoms with Gasteiger partial charge >= 0.3 is 0 Å². The molecule has 0 aliphatic carbocycles. The Balaban J connectivity index is 1.58. The summed E-state index contributed by atoms with van der Waals surface area (Å²) in [6.45, 7) is 6.28. The minimum atomic E-state index is -0.208. The highest BCUT2D eigenvalue weighted by Crippen LogP contribution is 2.29. The lowest BCUT2D eigenvalue weighted by molar-refractivity contribution is 0.102. The van der Waals surface area contributed by atoms with E-state index in [9.17, 15) is 4.79 Å². The fourth-order valence-electron chi connectivity index (χ4n) is 2.97. The van der Waals surface area contributed by atoms with Crippen molar-refractivity contribution in [2.45, 2.75) is 20.8 Å². The van der Waals surface area contributed by atoms with Gasteiger partial charge in [0, 0.05) is 28.9 Å². The molecule has 27 heavy (non-hydrogen) atoms. The van der Waals surface area contributed by atoms with Gasteiger partial charge in [0.25, 0.3) is 5.91 Å². The van der Waals surface area contributed by atoms with E-state index in [0.717, 1.165) is 16.8 Å². The third kappa shape index (κ3) is 3.44. The molecule has 4 rings (SSSR count). The first-order valence-electron chi connectivity index (χ1n) is 8.57. The van der Waals surface area contributed by atoms with Crippen molar-refractivity contribution in [2.75, 3.05) is 5.32 Å². The van der Waals surface area contributed by atoms with Crippen LogP contribution in [0, 0.1) is 20.8 Å². The van der Waals surface area contributed by atoms with Gasteiger partial charge in [-0.3, -0.25) is 20.1 Å². The zero-order valence-corrected chi connectivity index (χ0v) is 16.1. The maximum atomic E-state index is 12.6. The Morgan fingerprint density at radius 2 is 1.67 bits per heavy atom. The third-order valence-corrected chi connectivity index (χ3v) is 5.33. The summed E-state index contributed by atoms with van der Waals surface area (Å²) in [6, 6.07) is 9.59. The predicted molar refractivity (Wildman–Crippen MR) is 109 cm³/mol. The molecule has 0 atom stereocenters. The number of thiazole rings is 1. The normalized spacial score (nSPS) is 10.9. The van der Waals surface area contributed by atoms with Crippen LogP contribution in [-0.4, -0.2) is 20.9 Å². The minimum absolute atomic E-state index is 0.208. The third-order valence-electron chi connectivity index (χ3n) is 4.57. The second-order valence-electron chi connectivity index (χ2n) is 6.50. The first-order valence-corrected chi connectivity index (χ1v) is 9.45. The van der Waals surface area contributed by atoms with Crippen LogP contribution in [0.15, 0.2) is 48.1 Å². The molecule has 0 fully saturated rings. The van der Waals surface area contributed by atoms with Crippen LogP contribution in [0.4, 0.5) is 5.13 Å². The summed E-state index contributed by atoms with van der Waals surface area (Å²) in [6.07, 6.45) is 3.25. The predicted octanol–water partition coefficient (Wildman–Crippen LogP) is 4.93. The lowest BCUT2D eigenvalue weighted by Crippen LogP contribution is -2.11. The SMILES string of the molecule is Cc1cc(C)c(-c2csc(NC(=O)c3ccc4nccnc4c3)n2)cc1C. The molecule has 5 nitrogen and oxygen atoms in total.